The first kappa shape index (κ1) is 16.5. The highest BCUT2D eigenvalue weighted by Crippen LogP contribution is 2.11. The minimum Gasteiger partial charge on any atom is -0.481 e. The van der Waals surface area contributed by atoms with Gasteiger partial charge in [0.2, 0.25) is 0 Å². The molecule has 1 aromatic carbocycles. The molecule has 1 unspecified atom stereocenters. The molecule has 0 fully saturated rings. The average molecular weight is 343 g/mol. The summed E-state index contributed by atoms with van der Waals surface area (Å²) in [4.78, 5) is 24.3. The molecule has 1 aromatic rings. The third-order valence-corrected chi connectivity index (χ3v) is 3.43. The van der Waals surface area contributed by atoms with Gasteiger partial charge in [-0.25, -0.2) is 4.79 Å². The van der Waals surface area contributed by atoms with Crippen LogP contribution in [0.15, 0.2) is 28.7 Å². The smallest absolute Gasteiger partial charge is 0.317 e. The summed E-state index contributed by atoms with van der Waals surface area (Å²) in [5, 5.41) is 11.6. The molecular formula is C14H19BrN2O3. The molecule has 0 saturated carbocycles. The number of nitrogens with zero attached hydrogens (tertiary/aromatic N) is 1. The van der Waals surface area contributed by atoms with Crippen LogP contribution in [0.25, 0.3) is 0 Å². The first-order valence-corrected chi connectivity index (χ1v) is 7.24. The molecule has 1 atom stereocenters. The van der Waals surface area contributed by atoms with Crippen LogP contribution < -0.4 is 5.32 Å². The van der Waals surface area contributed by atoms with Crippen molar-refractivity contribution in [3.63, 3.8) is 0 Å². The lowest BCUT2D eigenvalue weighted by Crippen LogP contribution is -2.45. The summed E-state index contributed by atoms with van der Waals surface area (Å²) < 4.78 is 0.954. The number of carbonyl (C=O) groups is 2. The van der Waals surface area contributed by atoms with Crippen LogP contribution in [0.3, 0.4) is 0 Å². The van der Waals surface area contributed by atoms with Gasteiger partial charge in [0.1, 0.15) is 0 Å². The number of carboxylic acid groups (broad SMARTS) is 1. The van der Waals surface area contributed by atoms with Crippen molar-refractivity contribution in [3.05, 3.63) is 34.3 Å². The van der Waals surface area contributed by atoms with Crippen LogP contribution >= 0.6 is 15.9 Å². The molecule has 5 nitrogen and oxygen atoms in total. The Kier molecular flexibility index (Phi) is 6.51. The fraction of sp³-hybridized carbons (Fsp3) is 0.429. The fourth-order valence-corrected chi connectivity index (χ4v) is 2.39. The van der Waals surface area contributed by atoms with E-state index >= 15 is 0 Å². The highest BCUT2D eigenvalue weighted by Gasteiger charge is 2.20. The van der Waals surface area contributed by atoms with Crippen LogP contribution in [-0.2, 0) is 11.3 Å². The summed E-state index contributed by atoms with van der Waals surface area (Å²) in [6.07, 6.45) is -0.0574. The van der Waals surface area contributed by atoms with Gasteiger partial charge in [-0.15, -0.1) is 0 Å². The number of carboxylic acids is 1. The Hall–Kier alpha value is -1.56. The summed E-state index contributed by atoms with van der Waals surface area (Å²) in [5.41, 5.74) is 0.981. The van der Waals surface area contributed by atoms with Gasteiger partial charge in [-0.3, -0.25) is 4.79 Å². The monoisotopic (exact) mass is 342 g/mol. The standard InChI is InChI=1S/C14H19BrN2O3/c1-3-17(10(2)7-13(18)19)14(20)16-9-11-5-4-6-12(15)8-11/h4-6,8,10H,3,7,9H2,1-2H3,(H,16,20)(H,18,19). The van der Waals surface area contributed by atoms with Gasteiger partial charge in [-0.2, -0.15) is 0 Å². The Morgan fingerprint density at radius 3 is 2.70 bits per heavy atom. The molecule has 0 saturated heterocycles. The first-order chi connectivity index (χ1) is 9.43. The highest BCUT2D eigenvalue weighted by molar-refractivity contribution is 9.10. The second-order valence-electron chi connectivity index (χ2n) is 4.52. The zero-order chi connectivity index (χ0) is 15.1. The largest absolute Gasteiger partial charge is 0.481 e. The quantitative estimate of drug-likeness (QED) is 0.835. The maximum Gasteiger partial charge on any atom is 0.317 e. The number of hydrogen-bond acceptors (Lipinski definition) is 2. The zero-order valence-electron chi connectivity index (χ0n) is 11.6. The number of aliphatic carboxylic acids is 1. The molecule has 0 heterocycles. The SMILES string of the molecule is CCN(C(=O)NCc1cccc(Br)c1)C(C)CC(=O)O. The molecule has 2 N–H and O–H groups in total. The summed E-state index contributed by atoms with van der Waals surface area (Å²) >= 11 is 3.37. The van der Waals surface area contributed by atoms with Gasteiger partial charge >= 0.3 is 12.0 Å². The van der Waals surface area contributed by atoms with Crippen molar-refractivity contribution in [1.82, 2.24) is 10.2 Å². The molecule has 0 spiro atoms. The van der Waals surface area contributed by atoms with Crippen LogP contribution in [0, 0.1) is 0 Å². The second kappa shape index (κ2) is 7.89. The number of amides is 2. The zero-order valence-corrected chi connectivity index (χ0v) is 13.2. The van der Waals surface area contributed by atoms with Crippen molar-refractivity contribution in [1.29, 1.82) is 0 Å². The number of rotatable bonds is 6. The van der Waals surface area contributed by atoms with Crippen molar-refractivity contribution in [2.75, 3.05) is 6.54 Å². The number of urea groups is 1. The van der Waals surface area contributed by atoms with Crippen LogP contribution in [-0.4, -0.2) is 34.6 Å². The Bertz CT molecular complexity index is 479. The predicted octanol–water partition coefficient (Wildman–Crippen LogP) is 2.84. The minimum atomic E-state index is -0.907. The van der Waals surface area contributed by atoms with Crippen LogP contribution in [0.1, 0.15) is 25.8 Å². The van der Waals surface area contributed by atoms with E-state index in [0.717, 1.165) is 10.0 Å². The lowest BCUT2D eigenvalue weighted by Gasteiger charge is -2.27. The molecule has 0 aromatic heterocycles. The molecule has 2 amide bonds. The van der Waals surface area contributed by atoms with E-state index in [2.05, 4.69) is 21.2 Å². The molecule has 0 radical (unpaired) electrons. The molecule has 0 bridgehead atoms. The Morgan fingerprint density at radius 2 is 2.15 bits per heavy atom. The van der Waals surface area contributed by atoms with Crippen molar-refractivity contribution in [2.45, 2.75) is 32.9 Å². The number of nitrogens with one attached hydrogen (secondary N) is 1. The average Bonchev–Trinajstić information content (AvgIpc) is 2.36. The van der Waals surface area contributed by atoms with Gasteiger partial charge in [-0.05, 0) is 31.5 Å². The van der Waals surface area contributed by atoms with Gasteiger partial charge in [0.15, 0.2) is 0 Å². The molecule has 20 heavy (non-hydrogen) atoms. The van der Waals surface area contributed by atoms with E-state index in [1.54, 1.807) is 6.92 Å². The molecule has 0 aliphatic heterocycles. The van der Waals surface area contributed by atoms with E-state index in [9.17, 15) is 9.59 Å². The van der Waals surface area contributed by atoms with Gasteiger partial charge in [0, 0.05) is 23.6 Å². The van der Waals surface area contributed by atoms with Crippen molar-refractivity contribution in [2.24, 2.45) is 0 Å². The third-order valence-electron chi connectivity index (χ3n) is 2.94. The Balaban J connectivity index is 2.57. The summed E-state index contributed by atoms with van der Waals surface area (Å²) in [6.45, 7) is 4.45. The number of benzene rings is 1. The lowest BCUT2D eigenvalue weighted by atomic mass is 10.2. The highest BCUT2D eigenvalue weighted by atomic mass is 79.9. The molecule has 110 valence electrons. The van der Waals surface area contributed by atoms with E-state index in [1.807, 2.05) is 31.2 Å². The minimum absolute atomic E-state index is 0.0574. The fourth-order valence-electron chi connectivity index (χ4n) is 1.94. The Morgan fingerprint density at radius 1 is 1.45 bits per heavy atom. The molecule has 0 aliphatic carbocycles. The van der Waals surface area contributed by atoms with Gasteiger partial charge in [0.25, 0.3) is 0 Å². The van der Waals surface area contributed by atoms with E-state index in [0.29, 0.717) is 13.1 Å². The topological polar surface area (TPSA) is 69.6 Å². The summed E-state index contributed by atoms with van der Waals surface area (Å²) in [5.74, 6) is -0.907. The van der Waals surface area contributed by atoms with Gasteiger partial charge in [0.05, 0.1) is 6.42 Å². The summed E-state index contributed by atoms with van der Waals surface area (Å²) in [6, 6.07) is 7.08. The van der Waals surface area contributed by atoms with E-state index in [1.165, 1.54) is 4.90 Å². The van der Waals surface area contributed by atoms with E-state index < -0.39 is 5.97 Å². The molecular weight excluding hydrogens is 324 g/mol. The number of halogens is 1. The van der Waals surface area contributed by atoms with Crippen molar-refractivity contribution < 1.29 is 14.7 Å². The van der Waals surface area contributed by atoms with Gasteiger partial charge < -0.3 is 15.3 Å². The molecule has 6 heteroatoms. The predicted molar refractivity (Wildman–Crippen MR) is 80.5 cm³/mol. The van der Waals surface area contributed by atoms with E-state index in [-0.39, 0.29) is 18.5 Å². The first-order valence-electron chi connectivity index (χ1n) is 6.44. The number of carbonyl (C=O) groups excluding carboxylic acids is 1. The maximum absolute atomic E-state index is 12.1. The summed E-state index contributed by atoms with van der Waals surface area (Å²) in [7, 11) is 0. The second-order valence-corrected chi connectivity index (χ2v) is 5.44. The maximum atomic E-state index is 12.1. The molecule has 0 aliphatic rings. The third kappa shape index (κ3) is 5.21. The van der Waals surface area contributed by atoms with Crippen molar-refractivity contribution in [3.8, 4) is 0 Å². The normalized spacial score (nSPS) is 11.8. The van der Waals surface area contributed by atoms with Crippen LogP contribution in [0.4, 0.5) is 4.79 Å². The lowest BCUT2D eigenvalue weighted by molar-refractivity contribution is -0.138. The number of hydrogen-bond donors (Lipinski definition) is 2. The van der Waals surface area contributed by atoms with Crippen LogP contribution in [0.2, 0.25) is 0 Å². The van der Waals surface area contributed by atoms with Crippen LogP contribution in [0.5, 0.6) is 0 Å². The van der Waals surface area contributed by atoms with E-state index in [4.69, 9.17) is 5.11 Å². The van der Waals surface area contributed by atoms with Gasteiger partial charge in [-0.1, -0.05) is 28.1 Å². The molecule has 1 rings (SSSR count). The van der Waals surface area contributed by atoms with Crippen molar-refractivity contribution >= 4 is 27.9 Å². The Labute approximate surface area is 127 Å².